The van der Waals surface area contributed by atoms with Crippen LogP contribution in [-0.4, -0.2) is 17.6 Å². The lowest BCUT2D eigenvalue weighted by atomic mass is 9.70. The third-order valence-corrected chi connectivity index (χ3v) is 3.48. The maximum absolute atomic E-state index is 11.2. The van der Waals surface area contributed by atoms with Gasteiger partial charge in [-0.15, -0.1) is 0 Å². The summed E-state index contributed by atoms with van der Waals surface area (Å²) < 4.78 is 0. The quantitative estimate of drug-likeness (QED) is 0.687. The zero-order valence-electron chi connectivity index (χ0n) is 8.96. The van der Waals surface area contributed by atoms with Gasteiger partial charge in [0.15, 0.2) is 0 Å². The van der Waals surface area contributed by atoms with Gasteiger partial charge in [-0.25, -0.2) is 0 Å². The second-order valence-electron chi connectivity index (χ2n) is 4.54. The van der Waals surface area contributed by atoms with Crippen LogP contribution in [0.3, 0.4) is 0 Å². The summed E-state index contributed by atoms with van der Waals surface area (Å²) in [6.45, 7) is 2.31. The molecule has 1 unspecified atom stereocenters. The fraction of sp³-hybridized carbons (Fsp3) is 0.909. The Morgan fingerprint density at radius 1 is 1.57 bits per heavy atom. The predicted molar refractivity (Wildman–Crippen MR) is 56.0 cm³/mol. The van der Waals surface area contributed by atoms with Crippen LogP contribution >= 0.6 is 0 Å². The third-order valence-electron chi connectivity index (χ3n) is 3.48. The molecular weight excluding hydrogens is 178 g/mol. The Kier molecular flexibility index (Phi) is 3.93. The molecule has 1 atom stereocenters. The number of carbonyl (C=O) groups is 1. The minimum Gasteiger partial charge on any atom is -0.481 e. The molecule has 3 nitrogen and oxygen atoms in total. The van der Waals surface area contributed by atoms with Gasteiger partial charge in [-0.1, -0.05) is 32.6 Å². The third kappa shape index (κ3) is 2.27. The SMILES string of the molecule is CCCC(CN)(CC1CCC1)C(=O)O. The maximum Gasteiger partial charge on any atom is 0.310 e. The zero-order valence-corrected chi connectivity index (χ0v) is 8.96. The Labute approximate surface area is 85.7 Å². The van der Waals surface area contributed by atoms with Crippen LogP contribution in [0.25, 0.3) is 0 Å². The highest BCUT2D eigenvalue weighted by molar-refractivity contribution is 5.75. The number of carboxylic acids is 1. The van der Waals surface area contributed by atoms with Crippen LogP contribution in [0.4, 0.5) is 0 Å². The molecular formula is C11H21NO2. The van der Waals surface area contributed by atoms with Crippen molar-refractivity contribution in [3.05, 3.63) is 0 Å². The molecule has 3 heteroatoms. The van der Waals surface area contributed by atoms with E-state index in [2.05, 4.69) is 0 Å². The first-order valence-electron chi connectivity index (χ1n) is 5.58. The number of rotatable bonds is 6. The maximum atomic E-state index is 11.2. The summed E-state index contributed by atoms with van der Waals surface area (Å²) in [5.74, 6) is -0.0880. The van der Waals surface area contributed by atoms with Crippen LogP contribution in [0.1, 0.15) is 45.4 Å². The van der Waals surface area contributed by atoms with Gasteiger partial charge in [0.25, 0.3) is 0 Å². The first-order valence-corrected chi connectivity index (χ1v) is 5.58. The van der Waals surface area contributed by atoms with Crippen molar-refractivity contribution < 1.29 is 9.90 Å². The van der Waals surface area contributed by atoms with Gasteiger partial charge in [0.2, 0.25) is 0 Å². The van der Waals surface area contributed by atoms with Crippen molar-refractivity contribution in [3.8, 4) is 0 Å². The summed E-state index contributed by atoms with van der Waals surface area (Å²) >= 11 is 0. The molecule has 3 N–H and O–H groups in total. The van der Waals surface area contributed by atoms with Crippen LogP contribution in [-0.2, 0) is 4.79 Å². The van der Waals surface area contributed by atoms with E-state index >= 15 is 0 Å². The molecule has 1 rings (SSSR count). The molecule has 0 heterocycles. The molecule has 14 heavy (non-hydrogen) atoms. The monoisotopic (exact) mass is 199 g/mol. The fourth-order valence-electron chi connectivity index (χ4n) is 2.30. The number of nitrogens with two attached hydrogens (primary N) is 1. The second kappa shape index (κ2) is 4.78. The van der Waals surface area contributed by atoms with Gasteiger partial charge in [0, 0.05) is 6.54 Å². The molecule has 0 aromatic heterocycles. The molecule has 82 valence electrons. The van der Waals surface area contributed by atoms with Crippen molar-refractivity contribution in [1.82, 2.24) is 0 Å². The second-order valence-corrected chi connectivity index (χ2v) is 4.54. The van der Waals surface area contributed by atoms with Crippen LogP contribution in [0.5, 0.6) is 0 Å². The van der Waals surface area contributed by atoms with Crippen LogP contribution in [0, 0.1) is 11.3 Å². The van der Waals surface area contributed by atoms with E-state index in [-0.39, 0.29) is 6.54 Å². The first-order chi connectivity index (χ1) is 6.64. The lowest BCUT2D eigenvalue weighted by molar-refractivity contribution is -0.150. The highest BCUT2D eigenvalue weighted by Crippen LogP contribution is 2.39. The Morgan fingerprint density at radius 2 is 2.21 bits per heavy atom. The van der Waals surface area contributed by atoms with E-state index in [1.54, 1.807) is 0 Å². The molecule has 0 radical (unpaired) electrons. The molecule has 0 aromatic carbocycles. The average molecular weight is 199 g/mol. The number of aliphatic carboxylic acids is 1. The van der Waals surface area contributed by atoms with Gasteiger partial charge < -0.3 is 10.8 Å². The normalized spacial score (nSPS) is 21.3. The standard InChI is InChI=1S/C11H21NO2/c1-2-6-11(8-12,10(13)14)7-9-4-3-5-9/h9H,2-8,12H2,1H3,(H,13,14). The van der Waals surface area contributed by atoms with E-state index < -0.39 is 11.4 Å². The van der Waals surface area contributed by atoms with Crippen molar-refractivity contribution in [2.75, 3.05) is 6.54 Å². The summed E-state index contributed by atoms with van der Waals surface area (Å²) in [7, 11) is 0. The van der Waals surface area contributed by atoms with Crippen molar-refractivity contribution in [3.63, 3.8) is 0 Å². The highest BCUT2D eigenvalue weighted by atomic mass is 16.4. The van der Waals surface area contributed by atoms with Crippen molar-refractivity contribution in [2.45, 2.75) is 45.4 Å². The summed E-state index contributed by atoms with van der Waals surface area (Å²) in [4.78, 5) is 11.2. The molecule has 1 aliphatic carbocycles. The molecule has 0 amide bonds. The summed E-state index contributed by atoms with van der Waals surface area (Å²) in [6.07, 6.45) is 6.05. The van der Waals surface area contributed by atoms with Crippen LogP contribution in [0.2, 0.25) is 0 Å². The number of carboxylic acid groups (broad SMARTS) is 1. The average Bonchev–Trinajstić information content (AvgIpc) is 2.09. The van der Waals surface area contributed by atoms with Gasteiger partial charge in [-0.3, -0.25) is 4.79 Å². The Balaban J connectivity index is 2.60. The van der Waals surface area contributed by atoms with Gasteiger partial charge in [-0.05, 0) is 18.8 Å². The molecule has 1 aliphatic rings. The molecule has 0 spiro atoms. The molecule has 0 aromatic rings. The van der Waals surface area contributed by atoms with Crippen molar-refractivity contribution in [2.24, 2.45) is 17.1 Å². The summed E-state index contributed by atoms with van der Waals surface area (Å²) in [5.41, 5.74) is 5.00. The smallest absolute Gasteiger partial charge is 0.310 e. The minimum atomic E-state index is -0.700. The van der Waals surface area contributed by atoms with Gasteiger partial charge >= 0.3 is 5.97 Å². The highest BCUT2D eigenvalue weighted by Gasteiger charge is 2.39. The van der Waals surface area contributed by atoms with E-state index in [0.29, 0.717) is 5.92 Å². The van der Waals surface area contributed by atoms with Gasteiger partial charge in [0.05, 0.1) is 5.41 Å². The summed E-state index contributed by atoms with van der Waals surface area (Å²) in [6, 6.07) is 0. The zero-order chi connectivity index (χ0) is 10.6. The largest absolute Gasteiger partial charge is 0.481 e. The fourth-order valence-corrected chi connectivity index (χ4v) is 2.30. The molecule has 1 fully saturated rings. The first kappa shape index (κ1) is 11.5. The number of hydrogen-bond donors (Lipinski definition) is 2. The minimum absolute atomic E-state index is 0.284. The molecule has 1 saturated carbocycles. The lowest BCUT2D eigenvalue weighted by Crippen LogP contribution is -2.41. The van der Waals surface area contributed by atoms with E-state index in [1.165, 1.54) is 19.3 Å². The van der Waals surface area contributed by atoms with E-state index in [1.807, 2.05) is 6.92 Å². The van der Waals surface area contributed by atoms with Crippen molar-refractivity contribution in [1.29, 1.82) is 0 Å². The topological polar surface area (TPSA) is 63.3 Å². The Morgan fingerprint density at radius 3 is 2.50 bits per heavy atom. The molecule has 0 aliphatic heterocycles. The summed E-state index contributed by atoms with van der Waals surface area (Å²) in [5, 5.41) is 9.24. The Bertz CT molecular complexity index is 201. The van der Waals surface area contributed by atoms with Gasteiger partial charge in [0.1, 0.15) is 0 Å². The van der Waals surface area contributed by atoms with E-state index in [0.717, 1.165) is 19.3 Å². The number of hydrogen-bond acceptors (Lipinski definition) is 2. The van der Waals surface area contributed by atoms with Crippen LogP contribution in [0.15, 0.2) is 0 Å². The molecule has 0 saturated heterocycles. The van der Waals surface area contributed by atoms with E-state index in [4.69, 9.17) is 5.73 Å². The van der Waals surface area contributed by atoms with Crippen LogP contribution < -0.4 is 5.73 Å². The Hall–Kier alpha value is -0.570. The predicted octanol–water partition coefficient (Wildman–Crippen LogP) is 2.01. The van der Waals surface area contributed by atoms with Gasteiger partial charge in [-0.2, -0.15) is 0 Å². The van der Waals surface area contributed by atoms with E-state index in [9.17, 15) is 9.90 Å². The lowest BCUT2D eigenvalue weighted by Gasteiger charge is -2.35. The van der Waals surface area contributed by atoms with Crippen molar-refractivity contribution >= 4 is 5.97 Å². The molecule has 0 bridgehead atoms.